The molecule has 6 heteroatoms. The summed E-state index contributed by atoms with van der Waals surface area (Å²) >= 11 is 0. The largest absolute Gasteiger partial charge is 0.353 e. The molecular formula is C11H20N4O2. The van der Waals surface area contributed by atoms with Gasteiger partial charge in [-0.2, -0.15) is 0 Å². The quantitative estimate of drug-likeness (QED) is 0.547. The molecule has 0 saturated carbocycles. The van der Waals surface area contributed by atoms with E-state index in [1.165, 1.54) is 0 Å². The second-order valence-corrected chi connectivity index (χ2v) is 4.54. The highest BCUT2D eigenvalue weighted by atomic mass is 16.2. The van der Waals surface area contributed by atoms with Crippen molar-refractivity contribution in [3.05, 3.63) is 0 Å². The Morgan fingerprint density at radius 1 is 1.41 bits per heavy atom. The average Bonchev–Trinajstić information content (AvgIpc) is 2.77. The monoisotopic (exact) mass is 240 g/mol. The van der Waals surface area contributed by atoms with Gasteiger partial charge in [-0.15, -0.1) is 0 Å². The predicted molar refractivity (Wildman–Crippen MR) is 63.5 cm³/mol. The van der Waals surface area contributed by atoms with E-state index in [0.29, 0.717) is 19.4 Å². The van der Waals surface area contributed by atoms with Crippen molar-refractivity contribution in [3.63, 3.8) is 0 Å². The third kappa shape index (κ3) is 3.67. The number of carbonyl (C=O) groups excluding carboxylic acids is 2. The fourth-order valence-corrected chi connectivity index (χ4v) is 2.21. The molecule has 0 bridgehead atoms. The average molecular weight is 240 g/mol. The van der Waals surface area contributed by atoms with Crippen molar-refractivity contribution in [2.75, 3.05) is 39.3 Å². The molecule has 0 radical (unpaired) electrons. The number of hydrogen-bond acceptors (Lipinski definition) is 4. The first-order valence-corrected chi connectivity index (χ1v) is 6.26. The van der Waals surface area contributed by atoms with Gasteiger partial charge in [-0.25, -0.2) is 0 Å². The summed E-state index contributed by atoms with van der Waals surface area (Å²) in [7, 11) is 0. The lowest BCUT2D eigenvalue weighted by molar-refractivity contribution is -0.125. The van der Waals surface area contributed by atoms with E-state index < -0.39 is 0 Å². The molecular weight excluding hydrogens is 220 g/mol. The zero-order chi connectivity index (χ0) is 12.1. The van der Waals surface area contributed by atoms with Crippen LogP contribution in [-0.4, -0.2) is 62.0 Å². The van der Waals surface area contributed by atoms with Gasteiger partial charge >= 0.3 is 0 Å². The van der Waals surface area contributed by atoms with Gasteiger partial charge in [0.25, 0.3) is 0 Å². The van der Waals surface area contributed by atoms with Crippen molar-refractivity contribution in [3.8, 4) is 0 Å². The highest BCUT2D eigenvalue weighted by molar-refractivity contribution is 5.90. The number of piperazine rings is 1. The van der Waals surface area contributed by atoms with Gasteiger partial charge in [0.15, 0.2) is 0 Å². The SMILES string of the molecule is O=C1CCC(C(=O)NCCN2CCNCC2)N1. The smallest absolute Gasteiger partial charge is 0.242 e. The topological polar surface area (TPSA) is 73.5 Å². The Hall–Kier alpha value is -1.14. The molecule has 2 fully saturated rings. The maximum atomic E-state index is 11.7. The van der Waals surface area contributed by atoms with Gasteiger partial charge in [-0.3, -0.25) is 14.5 Å². The van der Waals surface area contributed by atoms with E-state index in [0.717, 1.165) is 32.7 Å². The van der Waals surface area contributed by atoms with Gasteiger partial charge in [0.1, 0.15) is 6.04 Å². The number of nitrogens with one attached hydrogen (secondary N) is 3. The van der Waals surface area contributed by atoms with Gasteiger partial charge in [-0.05, 0) is 6.42 Å². The summed E-state index contributed by atoms with van der Waals surface area (Å²) in [5, 5.41) is 8.83. The molecule has 2 rings (SSSR count). The molecule has 0 aliphatic carbocycles. The van der Waals surface area contributed by atoms with E-state index in [9.17, 15) is 9.59 Å². The molecule has 2 amide bonds. The van der Waals surface area contributed by atoms with E-state index >= 15 is 0 Å². The van der Waals surface area contributed by atoms with Crippen LogP contribution < -0.4 is 16.0 Å². The van der Waals surface area contributed by atoms with E-state index in [1.807, 2.05) is 0 Å². The van der Waals surface area contributed by atoms with Crippen LogP contribution in [0.5, 0.6) is 0 Å². The maximum Gasteiger partial charge on any atom is 0.242 e. The summed E-state index contributed by atoms with van der Waals surface area (Å²) in [6.07, 6.45) is 1.09. The summed E-state index contributed by atoms with van der Waals surface area (Å²) in [5.74, 6) is -0.0711. The van der Waals surface area contributed by atoms with Crippen LogP contribution >= 0.6 is 0 Å². The number of rotatable bonds is 4. The molecule has 6 nitrogen and oxygen atoms in total. The van der Waals surface area contributed by atoms with E-state index in [1.54, 1.807) is 0 Å². The summed E-state index contributed by atoms with van der Waals surface area (Å²) in [6, 6.07) is -0.314. The van der Waals surface area contributed by atoms with Crippen LogP contribution in [0.15, 0.2) is 0 Å². The first-order chi connectivity index (χ1) is 8.25. The van der Waals surface area contributed by atoms with Gasteiger partial charge in [0, 0.05) is 45.7 Å². The first-order valence-electron chi connectivity index (χ1n) is 6.26. The second-order valence-electron chi connectivity index (χ2n) is 4.54. The Morgan fingerprint density at radius 3 is 2.82 bits per heavy atom. The fourth-order valence-electron chi connectivity index (χ4n) is 2.21. The van der Waals surface area contributed by atoms with Crippen molar-refractivity contribution in [1.29, 1.82) is 0 Å². The summed E-state index contributed by atoms with van der Waals surface area (Å²) in [6.45, 7) is 5.66. The molecule has 0 aromatic heterocycles. The van der Waals surface area contributed by atoms with Crippen molar-refractivity contribution in [2.45, 2.75) is 18.9 Å². The maximum absolute atomic E-state index is 11.7. The van der Waals surface area contributed by atoms with Crippen molar-refractivity contribution >= 4 is 11.8 Å². The third-order valence-corrected chi connectivity index (χ3v) is 3.25. The molecule has 2 heterocycles. The standard InChI is InChI=1S/C11H20N4O2/c16-10-2-1-9(14-10)11(17)13-5-8-15-6-3-12-4-7-15/h9,12H,1-8H2,(H,13,17)(H,14,16). The molecule has 1 unspecified atom stereocenters. The van der Waals surface area contributed by atoms with Crippen LogP contribution in [0.25, 0.3) is 0 Å². The minimum Gasteiger partial charge on any atom is -0.353 e. The van der Waals surface area contributed by atoms with Crippen LogP contribution in [0.2, 0.25) is 0 Å². The van der Waals surface area contributed by atoms with Crippen LogP contribution in [-0.2, 0) is 9.59 Å². The third-order valence-electron chi connectivity index (χ3n) is 3.25. The Bertz CT molecular complexity index is 289. The lowest BCUT2D eigenvalue weighted by Gasteiger charge is -2.27. The number of nitrogens with zero attached hydrogens (tertiary/aromatic N) is 1. The highest BCUT2D eigenvalue weighted by Crippen LogP contribution is 2.05. The summed E-state index contributed by atoms with van der Waals surface area (Å²) in [4.78, 5) is 25.0. The zero-order valence-electron chi connectivity index (χ0n) is 10.00. The Morgan fingerprint density at radius 2 is 2.18 bits per heavy atom. The Labute approximate surface area is 101 Å². The van der Waals surface area contributed by atoms with Crippen LogP contribution in [0.3, 0.4) is 0 Å². The van der Waals surface area contributed by atoms with Gasteiger partial charge in [-0.1, -0.05) is 0 Å². The molecule has 0 aromatic carbocycles. The predicted octanol–water partition coefficient (Wildman–Crippen LogP) is -1.71. The minimum absolute atomic E-state index is 0.0211. The lowest BCUT2D eigenvalue weighted by atomic mass is 10.2. The molecule has 0 aromatic rings. The molecule has 2 saturated heterocycles. The first kappa shape index (κ1) is 12.3. The van der Waals surface area contributed by atoms with E-state index in [4.69, 9.17) is 0 Å². The molecule has 0 spiro atoms. The number of amides is 2. The molecule has 17 heavy (non-hydrogen) atoms. The zero-order valence-corrected chi connectivity index (χ0v) is 10.00. The van der Waals surface area contributed by atoms with Gasteiger partial charge in [0.2, 0.25) is 11.8 Å². The molecule has 2 aliphatic heterocycles. The molecule has 2 aliphatic rings. The molecule has 1 atom stereocenters. The number of hydrogen-bond donors (Lipinski definition) is 3. The van der Waals surface area contributed by atoms with Crippen molar-refractivity contribution in [1.82, 2.24) is 20.9 Å². The van der Waals surface area contributed by atoms with Gasteiger partial charge in [0.05, 0.1) is 0 Å². The van der Waals surface area contributed by atoms with Crippen molar-refractivity contribution < 1.29 is 9.59 Å². The second kappa shape index (κ2) is 5.97. The lowest BCUT2D eigenvalue weighted by Crippen LogP contribution is -2.48. The summed E-state index contributed by atoms with van der Waals surface area (Å²) < 4.78 is 0. The molecule has 3 N–H and O–H groups in total. The van der Waals surface area contributed by atoms with Crippen LogP contribution in [0.1, 0.15) is 12.8 Å². The number of carbonyl (C=O) groups is 2. The minimum atomic E-state index is -0.314. The Balaban J connectivity index is 1.61. The molecule has 96 valence electrons. The van der Waals surface area contributed by atoms with Crippen LogP contribution in [0, 0.1) is 0 Å². The Kier molecular flexibility index (Phi) is 4.33. The highest BCUT2D eigenvalue weighted by Gasteiger charge is 2.26. The van der Waals surface area contributed by atoms with Gasteiger partial charge < -0.3 is 16.0 Å². The van der Waals surface area contributed by atoms with Crippen molar-refractivity contribution in [2.24, 2.45) is 0 Å². The fraction of sp³-hybridized carbons (Fsp3) is 0.818. The normalized spacial score (nSPS) is 25.6. The van der Waals surface area contributed by atoms with Crippen LogP contribution in [0.4, 0.5) is 0 Å². The van der Waals surface area contributed by atoms with E-state index in [2.05, 4.69) is 20.9 Å². The summed E-state index contributed by atoms with van der Waals surface area (Å²) in [5.41, 5.74) is 0. The van der Waals surface area contributed by atoms with E-state index in [-0.39, 0.29) is 17.9 Å².